The van der Waals surface area contributed by atoms with E-state index >= 15 is 0 Å². The zero-order chi connectivity index (χ0) is 15.1. The van der Waals surface area contributed by atoms with E-state index < -0.39 is 11.7 Å². The number of rotatable bonds is 2. The number of carbonyl (C=O) groups is 2. The Hall–Kier alpha value is -2.62. The molecule has 21 heavy (non-hydrogen) atoms. The number of hydrogen-bond donors (Lipinski definition) is 1. The smallest absolute Gasteiger partial charge is 0.299 e. The summed E-state index contributed by atoms with van der Waals surface area (Å²) in [6.45, 7) is 4.11. The summed E-state index contributed by atoms with van der Waals surface area (Å²) in [5.41, 5.74) is 3.89. The summed E-state index contributed by atoms with van der Waals surface area (Å²) in [5, 5.41) is 9.31. The first-order valence-electron chi connectivity index (χ1n) is 6.72. The fourth-order valence-electron chi connectivity index (χ4n) is 2.73. The maximum Gasteiger partial charge on any atom is 0.299 e. The van der Waals surface area contributed by atoms with E-state index in [1.165, 1.54) is 4.90 Å². The van der Waals surface area contributed by atoms with Gasteiger partial charge in [0.1, 0.15) is 5.75 Å². The molecule has 0 aliphatic carbocycles. The molecule has 2 aromatic rings. The molecule has 106 valence electrons. The molecule has 0 fully saturated rings. The van der Waals surface area contributed by atoms with Gasteiger partial charge in [-0.15, -0.1) is 0 Å². The second kappa shape index (κ2) is 4.74. The molecular formula is C17H15NO3. The van der Waals surface area contributed by atoms with Crippen molar-refractivity contribution in [3.05, 3.63) is 58.7 Å². The fourth-order valence-corrected chi connectivity index (χ4v) is 2.73. The summed E-state index contributed by atoms with van der Waals surface area (Å²) in [4.78, 5) is 25.9. The summed E-state index contributed by atoms with van der Waals surface area (Å²) in [6, 6.07) is 10.4. The average Bonchev–Trinajstić information content (AvgIpc) is 2.66. The van der Waals surface area contributed by atoms with Crippen LogP contribution < -0.4 is 4.90 Å². The topological polar surface area (TPSA) is 57.6 Å². The van der Waals surface area contributed by atoms with Crippen LogP contribution in [0.5, 0.6) is 5.75 Å². The first kappa shape index (κ1) is 13.4. The van der Waals surface area contributed by atoms with Gasteiger partial charge in [0.25, 0.3) is 11.7 Å². The van der Waals surface area contributed by atoms with E-state index in [9.17, 15) is 14.7 Å². The second-order valence-electron chi connectivity index (χ2n) is 5.36. The van der Waals surface area contributed by atoms with E-state index in [0.29, 0.717) is 17.8 Å². The lowest BCUT2D eigenvalue weighted by atomic mass is 10.0. The van der Waals surface area contributed by atoms with Crippen LogP contribution in [0.3, 0.4) is 0 Å². The first-order chi connectivity index (χ1) is 9.97. The quantitative estimate of drug-likeness (QED) is 0.861. The van der Waals surface area contributed by atoms with Gasteiger partial charge < -0.3 is 10.0 Å². The number of hydrogen-bond acceptors (Lipinski definition) is 3. The van der Waals surface area contributed by atoms with Crippen LogP contribution >= 0.6 is 0 Å². The van der Waals surface area contributed by atoms with Gasteiger partial charge in [0.05, 0.1) is 17.8 Å². The van der Waals surface area contributed by atoms with Gasteiger partial charge in [0.15, 0.2) is 0 Å². The van der Waals surface area contributed by atoms with Crippen molar-refractivity contribution < 1.29 is 14.7 Å². The molecular weight excluding hydrogens is 266 g/mol. The highest BCUT2D eigenvalue weighted by molar-refractivity contribution is 6.52. The number of anilines is 1. The zero-order valence-corrected chi connectivity index (χ0v) is 11.9. The highest BCUT2D eigenvalue weighted by atomic mass is 16.3. The van der Waals surface area contributed by atoms with Crippen LogP contribution in [-0.2, 0) is 11.3 Å². The van der Waals surface area contributed by atoms with Crippen LogP contribution in [0.1, 0.15) is 27.0 Å². The standard InChI is InChI=1S/C17H15NO3/c1-10-7-11(2)15-14(8-10)18(17(21)16(15)20)9-12-3-5-13(19)6-4-12/h3-8,19H,9H2,1-2H3. The molecule has 0 aromatic heterocycles. The summed E-state index contributed by atoms with van der Waals surface area (Å²) in [7, 11) is 0. The van der Waals surface area contributed by atoms with Crippen LogP contribution in [0.25, 0.3) is 0 Å². The predicted octanol–water partition coefficient (Wildman–Crippen LogP) is 2.74. The van der Waals surface area contributed by atoms with Gasteiger partial charge in [0, 0.05) is 0 Å². The number of phenolic OH excluding ortho intramolecular Hbond substituents is 1. The Balaban J connectivity index is 2.03. The van der Waals surface area contributed by atoms with E-state index in [1.54, 1.807) is 24.3 Å². The minimum Gasteiger partial charge on any atom is -0.508 e. The average molecular weight is 281 g/mol. The Kier molecular flexibility index (Phi) is 3.01. The van der Waals surface area contributed by atoms with Crippen LogP contribution in [-0.4, -0.2) is 16.8 Å². The van der Waals surface area contributed by atoms with Gasteiger partial charge in [-0.1, -0.05) is 18.2 Å². The van der Waals surface area contributed by atoms with Crippen molar-refractivity contribution in [3.8, 4) is 5.75 Å². The summed E-state index contributed by atoms with van der Waals surface area (Å²) < 4.78 is 0. The van der Waals surface area contributed by atoms with Crippen molar-refractivity contribution in [1.82, 2.24) is 0 Å². The van der Waals surface area contributed by atoms with Crippen molar-refractivity contribution in [2.24, 2.45) is 0 Å². The van der Waals surface area contributed by atoms with E-state index in [-0.39, 0.29) is 5.75 Å². The van der Waals surface area contributed by atoms with E-state index in [0.717, 1.165) is 16.7 Å². The highest BCUT2D eigenvalue weighted by Gasteiger charge is 2.37. The predicted molar refractivity (Wildman–Crippen MR) is 79.5 cm³/mol. The largest absolute Gasteiger partial charge is 0.508 e. The summed E-state index contributed by atoms with van der Waals surface area (Å²) >= 11 is 0. The fraction of sp³-hybridized carbons (Fsp3) is 0.176. The molecule has 1 aliphatic heterocycles. The molecule has 2 aromatic carbocycles. The molecule has 1 amide bonds. The van der Waals surface area contributed by atoms with Crippen molar-refractivity contribution >= 4 is 17.4 Å². The summed E-state index contributed by atoms with van der Waals surface area (Å²) in [5.74, 6) is -0.761. The number of nitrogens with zero attached hydrogens (tertiary/aromatic N) is 1. The lowest BCUT2D eigenvalue weighted by molar-refractivity contribution is -0.114. The molecule has 0 unspecified atom stereocenters. The monoisotopic (exact) mass is 281 g/mol. The number of ketones is 1. The van der Waals surface area contributed by atoms with Crippen molar-refractivity contribution in [1.29, 1.82) is 0 Å². The highest BCUT2D eigenvalue weighted by Crippen LogP contribution is 2.33. The van der Waals surface area contributed by atoms with Gasteiger partial charge in [-0.25, -0.2) is 0 Å². The Bertz CT molecular complexity index is 747. The lowest BCUT2D eigenvalue weighted by Crippen LogP contribution is -2.29. The van der Waals surface area contributed by atoms with E-state index in [4.69, 9.17) is 0 Å². The number of phenols is 1. The van der Waals surface area contributed by atoms with Gasteiger partial charge in [0.2, 0.25) is 0 Å². The maximum absolute atomic E-state index is 12.2. The number of fused-ring (bicyclic) bond motifs is 1. The molecule has 1 heterocycles. The van der Waals surface area contributed by atoms with Gasteiger partial charge in [-0.3, -0.25) is 9.59 Å². The van der Waals surface area contributed by atoms with Crippen molar-refractivity contribution in [2.75, 3.05) is 4.90 Å². The van der Waals surface area contributed by atoms with Gasteiger partial charge >= 0.3 is 0 Å². The third kappa shape index (κ3) is 2.18. The van der Waals surface area contributed by atoms with Gasteiger partial charge in [-0.05, 0) is 48.7 Å². The van der Waals surface area contributed by atoms with E-state index in [2.05, 4.69) is 0 Å². The molecule has 4 nitrogen and oxygen atoms in total. The Morgan fingerprint density at radius 3 is 2.38 bits per heavy atom. The molecule has 0 spiro atoms. The molecule has 1 aliphatic rings. The Labute approximate surface area is 122 Å². The molecule has 0 radical (unpaired) electrons. The van der Waals surface area contributed by atoms with Crippen LogP contribution in [0.4, 0.5) is 5.69 Å². The third-order valence-corrected chi connectivity index (χ3v) is 3.69. The molecule has 0 atom stereocenters. The molecule has 0 bridgehead atoms. The van der Waals surface area contributed by atoms with Gasteiger partial charge in [-0.2, -0.15) is 0 Å². The van der Waals surface area contributed by atoms with Crippen molar-refractivity contribution in [2.45, 2.75) is 20.4 Å². The number of amides is 1. The number of carbonyl (C=O) groups excluding carboxylic acids is 2. The first-order valence-corrected chi connectivity index (χ1v) is 6.72. The normalized spacial score (nSPS) is 13.7. The van der Waals surface area contributed by atoms with E-state index in [1.807, 2.05) is 26.0 Å². The number of aryl methyl sites for hydroxylation is 2. The Morgan fingerprint density at radius 1 is 1.05 bits per heavy atom. The third-order valence-electron chi connectivity index (χ3n) is 3.69. The second-order valence-corrected chi connectivity index (χ2v) is 5.36. The minimum absolute atomic E-state index is 0.176. The molecule has 4 heteroatoms. The SMILES string of the molecule is Cc1cc(C)c2c(c1)N(Cc1ccc(O)cc1)C(=O)C2=O. The number of Topliss-reactive ketones (excluding diaryl/α,β-unsaturated/α-hetero) is 1. The molecule has 1 N–H and O–H groups in total. The number of aromatic hydroxyl groups is 1. The lowest BCUT2D eigenvalue weighted by Gasteiger charge is -2.17. The molecule has 3 rings (SSSR count). The number of benzene rings is 2. The van der Waals surface area contributed by atoms with Crippen LogP contribution in [0, 0.1) is 13.8 Å². The zero-order valence-electron chi connectivity index (χ0n) is 11.9. The Morgan fingerprint density at radius 2 is 1.71 bits per heavy atom. The maximum atomic E-state index is 12.2. The molecule has 0 saturated heterocycles. The van der Waals surface area contributed by atoms with Crippen molar-refractivity contribution in [3.63, 3.8) is 0 Å². The molecule has 0 saturated carbocycles. The summed E-state index contributed by atoms with van der Waals surface area (Å²) in [6.07, 6.45) is 0. The minimum atomic E-state index is -0.494. The van der Waals surface area contributed by atoms with Crippen LogP contribution in [0.2, 0.25) is 0 Å². The van der Waals surface area contributed by atoms with Crippen LogP contribution in [0.15, 0.2) is 36.4 Å².